The van der Waals surface area contributed by atoms with Gasteiger partial charge in [-0.2, -0.15) is 8.42 Å². The summed E-state index contributed by atoms with van der Waals surface area (Å²) in [5, 5.41) is 13.9. The minimum absolute atomic E-state index is 0.00667. The molecular weight excluding hydrogens is 484 g/mol. The van der Waals surface area contributed by atoms with E-state index >= 15 is 0 Å². The van der Waals surface area contributed by atoms with Crippen molar-refractivity contribution in [2.75, 3.05) is 0 Å². The van der Waals surface area contributed by atoms with Crippen LogP contribution >= 0.6 is 0 Å². The lowest BCUT2D eigenvalue weighted by molar-refractivity contribution is -0.140. The van der Waals surface area contributed by atoms with Gasteiger partial charge in [-0.1, -0.05) is 48.0 Å². The first-order chi connectivity index (χ1) is 17.0. The van der Waals surface area contributed by atoms with E-state index < -0.39 is 33.9 Å². The van der Waals surface area contributed by atoms with E-state index in [9.17, 15) is 22.8 Å². The predicted molar refractivity (Wildman–Crippen MR) is 133 cm³/mol. The molecule has 0 radical (unpaired) electrons. The Morgan fingerprint density at radius 3 is 2.11 bits per heavy atom. The summed E-state index contributed by atoms with van der Waals surface area (Å²) in [7, 11) is -4.04. The maximum Gasteiger partial charge on any atom is 0.339 e. The van der Waals surface area contributed by atoms with Gasteiger partial charge in [0.2, 0.25) is 0 Å². The molecule has 0 saturated carbocycles. The number of carboxylic acid groups (broad SMARTS) is 1. The van der Waals surface area contributed by atoms with Gasteiger partial charge in [0.1, 0.15) is 22.4 Å². The molecule has 0 heterocycles. The van der Waals surface area contributed by atoms with Crippen LogP contribution in [0.2, 0.25) is 0 Å². The highest BCUT2D eigenvalue weighted by Crippen LogP contribution is 2.20. The Labute approximate surface area is 208 Å². The van der Waals surface area contributed by atoms with Crippen molar-refractivity contribution in [2.45, 2.75) is 24.8 Å². The second-order valence-electron chi connectivity index (χ2n) is 7.83. The zero-order valence-corrected chi connectivity index (χ0v) is 20.3. The lowest BCUT2D eigenvalue weighted by Crippen LogP contribution is -2.42. The first kappa shape index (κ1) is 26.2. The van der Waals surface area contributed by atoms with Crippen LogP contribution in [0.1, 0.15) is 28.4 Å². The van der Waals surface area contributed by atoms with E-state index in [4.69, 9.17) is 9.29 Å². The molecule has 0 fully saturated rings. The van der Waals surface area contributed by atoms with Gasteiger partial charge in [0, 0.05) is 5.56 Å². The second kappa shape index (κ2) is 11.3. The quantitative estimate of drug-likeness (QED) is 0.298. The van der Waals surface area contributed by atoms with Crippen LogP contribution in [0.25, 0.3) is 6.08 Å². The van der Waals surface area contributed by atoms with Gasteiger partial charge >= 0.3 is 16.1 Å². The topological polar surface area (TPSA) is 139 Å². The molecule has 36 heavy (non-hydrogen) atoms. The van der Waals surface area contributed by atoms with Crippen molar-refractivity contribution in [1.82, 2.24) is 10.6 Å². The summed E-state index contributed by atoms with van der Waals surface area (Å²) in [5.74, 6) is -2.57. The van der Waals surface area contributed by atoms with Crippen LogP contribution in [0.15, 0.2) is 89.5 Å². The van der Waals surface area contributed by atoms with Crippen LogP contribution in [0, 0.1) is 6.92 Å². The Bertz CT molecular complexity index is 1380. The Morgan fingerprint density at radius 2 is 1.53 bits per heavy atom. The summed E-state index contributed by atoms with van der Waals surface area (Å²) in [6.07, 6.45) is 1.34. The number of carboxylic acids is 1. The largest absolute Gasteiger partial charge is 0.480 e. The average Bonchev–Trinajstić information content (AvgIpc) is 2.85. The number of rotatable bonds is 9. The minimum Gasteiger partial charge on any atom is -0.480 e. The summed E-state index contributed by atoms with van der Waals surface area (Å²) < 4.78 is 30.2. The highest BCUT2D eigenvalue weighted by Gasteiger charge is 2.20. The van der Waals surface area contributed by atoms with Crippen LogP contribution in [0.3, 0.4) is 0 Å². The molecule has 3 rings (SSSR count). The Kier molecular flexibility index (Phi) is 8.23. The summed E-state index contributed by atoms with van der Waals surface area (Å²) in [6, 6.07) is 19.0. The van der Waals surface area contributed by atoms with E-state index in [1.165, 1.54) is 49.4 Å². The first-order valence-electron chi connectivity index (χ1n) is 10.8. The van der Waals surface area contributed by atoms with Gasteiger partial charge in [0.05, 0.1) is 0 Å². The van der Waals surface area contributed by atoms with E-state index in [1.54, 1.807) is 42.5 Å². The van der Waals surface area contributed by atoms with E-state index in [1.807, 2.05) is 6.92 Å². The molecule has 0 bridgehead atoms. The number of benzene rings is 3. The highest BCUT2D eigenvalue weighted by atomic mass is 32.2. The van der Waals surface area contributed by atoms with Crippen molar-refractivity contribution in [2.24, 2.45) is 0 Å². The third kappa shape index (κ3) is 7.03. The van der Waals surface area contributed by atoms with Crippen LogP contribution < -0.4 is 14.8 Å². The molecule has 0 aliphatic heterocycles. The smallest absolute Gasteiger partial charge is 0.339 e. The van der Waals surface area contributed by atoms with Gasteiger partial charge in [0.15, 0.2) is 0 Å². The molecule has 3 aromatic carbocycles. The number of amides is 2. The summed E-state index contributed by atoms with van der Waals surface area (Å²) in [4.78, 5) is 36.5. The standard InChI is InChI=1S/C26H24N2O7S/c1-17-8-14-22(15-9-17)36(33,34)35-21-12-10-19(11-13-21)16-23(25(30)27-18(2)26(31)32)28-24(29)20-6-4-3-5-7-20/h3-16,18H,1-2H3,(H,27,30)(H,28,29)(H,31,32)/b23-16+/t18-/m1/s1. The first-order valence-corrected chi connectivity index (χ1v) is 12.2. The Morgan fingerprint density at radius 1 is 0.917 bits per heavy atom. The lowest BCUT2D eigenvalue weighted by Gasteiger charge is -2.13. The number of hydrogen-bond acceptors (Lipinski definition) is 6. The molecule has 0 aliphatic carbocycles. The molecule has 3 N–H and O–H groups in total. The maximum absolute atomic E-state index is 12.7. The van der Waals surface area contributed by atoms with E-state index in [2.05, 4.69) is 10.6 Å². The Balaban J connectivity index is 1.83. The van der Waals surface area contributed by atoms with Crippen molar-refractivity contribution >= 4 is 34.0 Å². The average molecular weight is 509 g/mol. The number of carbonyl (C=O) groups excluding carboxylic acids is 2. The molecule has 2 amide bonds. The molecule has 0 aliphatic rings. The fourth-order valence-corrected chi connectivity index (χ4v) is 3.87. The summed E-state index contributed by atoms with van der Waals surface area (Å²) in [5.41, 5.74) is 1.43. The third-order valence-electron chi connectivity index (χ3n) is 4.95. The molecule has 186 valence electrons. The van der Waals surface area contributed by atoms with Crippen molar-refractivity contribution in [3.8, 4) is 5.75 Å². The molecule has 0 saturated heterocycles. The Hall–Kier alpha value is -4.44. The van der Waals surface area contributed by atoms with Gasteiger partial charge in [-0.05, 0) is 61.9 Å². The number of hydrogen-bond donors (Lipinski definition) is 3. The lowest BCUT2D eigenvalue weighted by atomic mass is 10.1. The van der Waals surface area contributed by atoms with E-state index in [0.717, 1.165) is 5.56 Å². The van der Waals surface area contributed by atoms with Crippen molar-refractivity contribution < 1.29 is 32.1 Å². The minimum atomic E-state index is -4.04. The summed E-state index contributed by atoms with van der Waals surface area (Å²) in [6.45, 7) is 3.13. The van der Waals surface area contributed by atoms with E-state index in [-0.39, 0.29) is 16.3 Å². The van der Waals surface area contributed by atoms with Crippen LogP contribution in [0.5, 0.6) is 5.75 Å². The van der Waals surface area contributed by atoms with Crippen molar-refractivity contribution in [3.63, 3.8) is 0 Å². The van der Waals surface area contributed by atoms with Crippen molar-refractivity contribution in [1.29, 1.82) is 0 Å². The van der Waals surface area contributed by atoms with Crippen LogP contribution in [-0.4, -0.2) is 37.3 Å². The van der Waals surface area contributed by atoms with Crippen molar-refractivity contribution in [3.05, 3.63) is 101 Å². The molecule has 0 aromatic heterocycles. The molecule has 0 unspecified atom stereocenters. The van der Waals surface area contributed by atoms with Gasteiger partial charge in [-0.3, -0.25) is 14.4 Å². The fraction of sp³-hybridized carbons (Fsp3) is 0.115. The fourth-order valence-electron chi connectivity index (χ4n) is 2.94. The SMILES string of the molecule is Cc1ccc(S(=O)(=O)Oc2ccc(/C=C(/NC(=O)c3ccccc3)C(=O)N[C@H](C)C(=O)O)cc2)cc1. The second-order valence-corrected chi connectivity index (χ2v) is 9.38. The molecule has 3 aromatic rings. The predicted octanol–water partition coefficient (Wildman–Crippen LogP) is 3.12. The number of aryl methyl sites for hydroxylation is 1. The zero-order chi connectivity index (χ0) is 26.3. The van der Waals surface area contributed by atoms with Gasteiger partial charge in [-0.15, -0.1) is 0 Å². The number of aliphatic carboxylic acids is 1. The van der Waals surface area contributed by atoms with Crippen LogP contribution in [-0.2, 0) is 19.7 Å². The maximum atomic E-state index is 12.7. The molecule has 10 heteroatoms. The molecule has 1 atom stereocenters. The third-order valence-corrected chi connectivity index (χ3v) is 6.21. The highest BCUT2D eigenvalue weighted by molar-refractivity contribution is 7.87. The molecule has 0 spiro atoms. The van der Waals surface area contributed by atoms with Crippen LogP contribution in [0.4, 0.5) is 0 Å². The monoisotopic (exact) mass is 508 g/mol. The van der Waals surface area contributed by atoms with Gasteiger partial charge in [-0.25, -0.2) is 0 Å². The van der Waals surface area contributed by atoms with Gasteiger partial charge in [0.25, 0.3) is 11.8 Å². The molecular formula is C26H24N2O7S. The zero-order valence-electron chi connectivity index (χ0n) is 19.5. The normalized spacial score (nSPS) is 12.3. The van der Waals surface area contributed by atoms with E-state index in [0.29, 0.717) is 11.1 Å². The number of nitrogens with one attached hydrogen (secondary N) is 2. The molecule has 9 nitrogen and oxygen atoms in total. The van der Waals surface area contributed by atoms with Gasteiger partial charge < -0.3 is 19.9 Å². The number of carbonyl (C=O) groups is 3. The summed E-state index contributed by atoms with van der Waals surface area (Å²) >= 11 is 0.